The van der Waals surface area contributed by atoms with E-state index in [1.807, 2.05) is 32.7 Å². The van der Waals surface area contributed by atoms with E-state index >= 15 is 0 Å². The molecule has 0 amide bonds. The molecular formula is C11H19N3O2S. The molecule has 96 valence electrons. The fourth-order valence-corrected chi connectivity index (χ4v) is 3.39. The molecule has 1 saturated heterocycles. The molecule has 6 heteroatoms. The minimum Gasteiger partial charge on any atom is -0.371 e. The van der Waals surface area contributed by atoms with Gasteiger partial charge in [-0.15, -0.1) is 0 Å². The number of hydrogen-bond acceptors (Lipinski definition) is 6. The molecule has 0 aromatic carbocycles. The van der Waals surface area contributed by atoms with Crippen molar-refractivity contribution in [3.05, 3.63) is 11.7 Å². The van der Waals surface area contributed by atoms with Crippen molar-refractivity contribution in [1.29, 1.82) is 0 Å². The molecule has 0 aliphatic carbocycles. The number of nitrogens with zero attached hydrogens (tertiary/aromatic N) is 2. The Bertz CT molecular complexity index is 358. The minimum atomic E-state index is -0.0976. The van der Waals surface area contributed by atoms with Gasteiger partial charge in [-0.05, 0) is 20.9 Å². The fourth-order valence-electron chi connectivity index (χ4n) is 1.97. The summed E-state index contributed by atoms with van der Waals surface area (Å²) in [4.78, 5) is 4.45. The Morgan fingerprint density at radius 1 is 1.59 bits per heavy atom. The van der Waals surface area contributed by atoms with E-state index in [0.29, 0.717) is 24.4 Å². The maximum atomic E-state index is 5.45. The third-order valence-corrected chi connectivity index (χ3v) is 4.20. The summed E-state index contributed by atoms with van der Waals surface area (Å²) in [5.41, 5.74) is 0. The van der Waals surface area contributed by atoms with E-state index in [4.69, 9.17) is 9.26 Å². The highest BCUT2D eigenvalue weighted by atomic mass is 32.2. The van der Waals surface area contributed by atoms with Crippen LogP contribution in [0.3, 0.4) is 0 Å². The molecule has 3 unspecified atom stereocenters. The zero-order valence-electron chi connectivity index (χ0n) is 10.5. The molecule has 3 atom stereocenters. The van der Waals surface area contributed by atoms with Crippen LogP contribution in [0, 0.1) is 0 Å². The van der Waals surface area contributed by atoms with Crippen LogP contribution in [-0.2, 0) is 4.74 Å². The third kappa shape index (κ3) is 2.81. The molecule has 1 aliphatic rings. The molecule has 1 N–H and O–H groups in total. The van der Waals surface area contributed by atoms with Crippen molar-refractivity contribution in [2.45, 2.75) is 31.9 Å². The monoisotopic (exact) mass is 257 g/mol. The molecule has 0 saturated carbocycles. The van der Waals surface area contributed by atoms with Crippen molar-refractivity contribution in [1.82, 2.24) is 15.5 Å². The van der Waals surface area contributed by atoms with Crippen molar-refractivity contribution in [3.8, 4) is 0 Å². The number of aromatic nitrogens is 2. The number of nitrogens with one attached hydrogen (secondary N) is 1. The minimum absolute atomic E-state index is 0.0976. The van der Waals surface area contributed by atoms with E-state index in [0.717, 1.165) is 17.4 Å². The number of ether oxygens (including phenoxy) is 1. The van der Waals surface area contributed by atoms with Gasteiger partial charge in [-0.2, -0.15) is 16.7 Å². The average molecular weight is 257 g/mol. The van der Waals surface area contributed by atoms with Crippen LogP contribution in [0.15, 0.2) is 4.52 Å². The van der Waals surface area contributed by atoms with E-state index in [2.05, 4.69) is 15.5 Å². The van der Waals surface area contributed by atoms with Crippen molar-refractivity contribution in [3.63, 3.8) is 0 Å². The molecule has 1 aliphatic heterocycles. The van der Waals surface area contributed by atoms with Crippen LogP contribution in [0.5, 0.6) is 0 Å². The molecular weight excluding hydrogens is 238 g/mol. The first-order valence-corrected chi connectivity index (χ1v) is 7.11. The highest BCUT2D eigenvalue weighted by molar-refractivity contribution is 7.99. The van der Waals surface area contributed by atoms with Gasteiger partial charge in [0, 0.05) is 24.2 Å². The Hall–Kier alpha value is -0.590. The standard InChI is InChI=1S/C11H19N3O2S/c1-4-15-7(2)10-13-11(16-14-10)8-5-17-6-9(8)12-3/h7-9,12H,4-6H2,1-3H3. The molecule has 17 heavy (non-hydrogen) atoms. The van der Waals surface area contributed by atoms with Gasteiger partial charge in [0.05, 0.1) is 5.92 Å². The molecule has 1 aromatic heterocycles. The molecule has 2 rings (SSSR count). The van der Waals surface area contributed by atoms with Gasteiger partial charge in [-0.3, -0.25) is 0 Å². The maximum absolute atomic E-state index is 5.45. The Balaban J connectivity index is 2.07. The fraction of sp³-hybridized carbons (Fsp3) is 0.818. The number of thioether (sulfide) groups is 1. The maximum Gasteiger partial charge on any atom is 0.232 e. The summed E-state index contributed by atoms with van der Waals surface area (Å²) in [7, 11) is 1.98. The topological polar surface area (TPSA) is 60.2 Å². The molecule has 2 heterocycles. The summed E-state index contributed by atoms with van der Waals surface area (Å²) in [5.74, 6) is 3.83. The molecule has 0 bridgehead atoms. The number of likely N-dealkylation sites (N-methyl/N-ethyl adjacent to an activating group) is 1. The van der Waals surface area contributed by atoms with Gasteiger partial charge in [0.15, 0.2) is 5.82 Å². The second-order valence-electron chi connectivity index (χ2n) is 4.13. The molecule has 1 aromatic rings. The summed E-state index contributed by atoms with van der Waals surface area (Å²) in [6, 6.07) is 0.427. The third-order valence-electron chi connectivity index (χ3n) is 3.01. The highest BCUT2D eigenvalue weighted by Gasteiger charge is 2.32. The predicted octanol–water partition coefficient (Wildman–Crippen LogP) is 1.59. The normalized spacial score (nSPS) is 26.3. The van der Waals surface area contributed by atoms with Crippen molar-refractivity contribution in [2.24, 2.45) is 0 Å². The van der Waals surface area contributed by atoms with Gasteiger partial charge in [0.2, 0.25) is 5.89 Å². The second-order valence-corrected chi connectivity index (χ2v) is 5.20. The first-order valence-electron chi connectivity index (χ1n) is 5.96. The lowest BCUT2D eigenvalue weighted by Crippen LogP contribution is -2.31. The second kappa shape index (κ2) is 5.84. The molecule has 5 nitrogen and oxygen atoms in total. The van der Waals surface area contributed by atoms with E-state index in [1.54, 1.807) is 0 Å². The predicted molar refractivity (Wildman–Crippen MR) is 67.3 cm³/mol. The Morgan fingerprint density at radius 2 is 2.41 bits per heavy atom. The Kier molecular flexibility index (Phi) is 4.42. The Morgan fingerprint density at radius 3 is 3.12 bits per heavy atom. The summed E-state index contributed by atoms with van der Waals surface area (Å²) in [5, 5.41) is 7.30. The smallest absolute Gasteiger partial charge is 0.232 e. The molecule has 1 fully saturated rings. The molecule has 0 radical (unpaired) electrons. The zero-order chi connectivity index (χ0) is 12.3. The van der Waals surface area contributed by atoms with Crippen LogP contribution in [-0.4, -0.2) is 41.3 Å². The van der Waals surface area contributed by atoms with Crippen LogP contribution in [0.4, 0.5) is 0 Å². The van der Waals surface area contributed by atoms with Gasteiger partial charge in [-0.25, -0.2) is 0 Å². The van der Waals surface area contributed by atoms with Gasteiger partial charge < -0.3 is 14.6 Å². The van der Waals surface area contributed by atoms with Gasteiger partial charge >= 0.3 is 0 Å². The van der Waals surface area contributed by atoms with Crippen LogP contribution in [0.2, 0.25) is 0 Å². The lowest BCUT2D eigenvalue weighted by Gasteiger charge is -2.13. The van der Waals surface area contributed by atoms with Crippen LogP contribution in [0.1, 0.15) is 37.6 Å². The number of rotatable bonds is 5. The summed E-state index contributed by atoms with van der Waals surface area (Å²) in [6.45, 7) is 4.56. The SMILES string of the molecule is CCOC(C)c1noc(C2CSCC2NC)n1. The average Bonchev–Trinajstić information content (AvgIpc) is 2.97. The van der Waals surface area contributed by atoms with E-state index in [9.17, 15) is 0 Å². The molecule has 0 spiro atoms. The van der Waals surface area contributed by atoms with E-state index < -0.39 is 0 Å². The van der Waals surface area contributed by atoms with Gasteiger partial charge in [0.1, 0.15) is 6.10 Å². The van der Waals surface area contributed by atoms with Gasteiger partial charge in [0.25, 0.3) is 0 Å². The summed E-state index contributed by atoms with van der Waals surface area (Å²) < 4.78 is 10.8. The van der Waals surface area contributed by atoms with Crippen LogP contribution < -0.4 is 5.32 Å². The quantitative estimate of drug-likeness (QED) is 0.864. The van der Waals surface area contributed by atoms with Crippen molar-refractivity contribution < 1.29 is 9.26 Å². The van der Waals surface area contributed by atoms with Crippen molar-refractivity contribution >= 4 is 11.8 Å². The highest BCUT2D eigenvalue weighted by Crippen LogP contribution is 2.32. The first-order chi connectivity index (χ1) is 8.26. The zero-order valence-corrected chi connectivity index (χ0v) is 11.3. The first kappa shape index (κ1) is 12.9. The lowest BCUT2D eigenvalue weighted by molar-refractivity contribution is 0.0683. The summed E-state index contributed by atoms with van der Waals surface area (Å²) in [6.07, 6.45) is -0.0976. The Labute approximate surface area is 106 Å². The summed E-state index contributed by atoms with van der Waals surface area (Å²) >= 11 is 1.92. The van der Waals surface area contributed by atoms with Crippen molar-refractivity contribution in [2.75, 3.05) is 25.2 Å². The van der Waals surface area contributed by atoms with Gasteiger partial charge in [-0.1, -0.05) is 5.16 Å². The number of hydrogen-bond donors (Lipinski definition) is 1. The van der Waals surface area contributed by atoms with Crippen LogP contribution in [0.25, 0.3) is 0 Å². The van der Waals surface area contributed by atoms with Crippen LogP contribution >= 0.6 is 11.8 Å². The largest absolute Gasteiger partial charge is 0.371 e. The van der Waals surface area contributed by atoms with E-state index in [-0.39, 0.29) is 6.10 Å². The lowest BCUT2D eigenvalue weighted by atomic mass is 10.0. The van der Waals surface area contributed by atoms with E-state index in [1.165, 1.54) is 0 Å².